The van der Waals surface area contributed by atoms with Crippen LogP contribution in [0.3, 0.4) is 0 Å². The second-order valence-corrected chi connectivity index (χ2v) is 13.7. The third-order valence-electron chi connectivity index (χ3n) is 7.29. The number of aromatic nitrogens is 4. The molecule has 45 heavy (non-hydrogen) atoms. The highest BCUT2D eigenvalue weighted by molar-refractivity contribution is 9.10. The van der Waals surface area contributed by atoms with Crippen molar-refractivity contribution < 1.29 is 18.3 Å². The zero-order chi connectivity index (χ0) is 31.7. The van der Waals surface area contributed by atoms with Gasteiger partial charge < -0.3 is 24.8 Å². The van der Waals surface area contributed by atoms with E-state index in [1.165, 1.54) is 12.1 Å². The third kappa shape index (κ3) is 7.42. The Morgan fingerprint density at radius 3 is 2.38 bits per heavy atom. The van der Waals surface area contributed by atoms with Crippen molar-refractivity contribution in [1.29, 1.82) is 0 Å². The van der Waals surface area contributed by atoms with E-state index in [9.17, 15) is 13.6 Å². The number of carbonyl (C=O) groups is 1. The van der Waals surface area contributed by atoms with Gasteiger partial charge in [-0.15, -0.1) is 0 Å². The molecule has 0 bridgehead atoms. The number of halogens is 3. The summed E-state index contributed by atoms with van der Waals surface area (Å²) in [6, 6.07) is 12.9. The molecule has 1 aliphatic heterocycles. The number of benzene rings is 2. The highest BCUT2D eigenvalue weighted by Gasteiger charge is 2.26. The quantitative estimate of drug-likeness (QED) is 0.185. The number of thiazole rings is 1. The van der Waals surface area contributed by atoms with Crippen molar-refractivity contribution >= 4 is 54.5 Å². The molecule has 1 fully saturated rings. The first-order chi connectivity index (χ1) is 21.5. The Kier molecular flexibility index (Phi) is 8.74. The van der Waals surface area contributed by atoms with Gasteiger partial charge in [0.2, 0.25) is 0 Å². The molecule has 1 amide bonds. The lowest BCUT2D eigenvalue weighted by Crippen LogP contribution is -2.46. The van der Waals surface area contributed by atoms with Gasteiger partial charge in [-0.25, -0.2) is 23.5 Å². The molecule has 0 aliphatic carbocycles. The highest BCUT2D eigenvalue weighted by Crippen LogP contribution is 2.35. The maximum atomic E-state index is 14.0. The van der Waals surface area contributed by atoms with E-state index in [0.717, 1.165) is 59.2 Å². The van der Waals surface area contributed by atoms with E-state index in [1.54, 1.807) is 38.3 Å². The van der Waals surface area contributed by atoms with Crippen LogP contribution in [0.4, 0.5) is 24.4 Å². The maximum Gasteiger partial charge on any atom is 0.408 e. The summed E-state index contributed by atoms with van der Waals surface area (Å²) in [5.41, 5.74) is 2.86. The van der Waals surface area contributed by atoms with Crippen molar-refractivity contribution in [2.24, 2.45) is 0 Å². The van der Waals surface area contributed by atoms with Gasteiger partial charge >= 0.3 is 6.09 Å². The first-order valence-corrected chi connectivity index (χ1v) is 16.1. The number of rotatable bonds is 7. The lowest BCUT2D eigenvalue weighted by Gasteiger charge is -2.36. The van der Waals surface area contributed by atoms with Crippen LogP contribution < -0.4 is 15.1 Å². The molecular formula is C32H32BrF2N7O2S. The second kappa shape index (κ2) is 12.7. The van der Waals surface area contributed by atoms with Crippen LogP contribution in [0.5, 0.6) is 0 Å². The number of hydrogen-bond donors (Lipinski definition) is 2. The number of alkyl carbamates (subject to hydrolysis) is 1. The monoisotopic (exact) mass is 695 g/mol. The first kappa shape index (κ1) is 30.9. The minimum Gasteiger partial charge on any atom is -0.444 e. The van der Waals surface area contributed by atoms with Gasteiger partial charge in [-0.3, -0.25) is 0 Å². The summed E-state index contributed by atoms with van der Waals surface area (Å²) < 4.78 is 35.1. The van der Waals surface area contributed by atoms with Gasteiger partial charge in [0.15, 0.2) is 10.8 Å². The topological polar surface area (TPSA) is 99.3 Å². The van der Waals surface area contributed by atoms with Crippen LogP contribution in [-0.4, -0.2) is 57.8 Å². The summed E-state index contributed by atoms with van der Waals surface area (Å²) >= 11 is 5.17. The molecule has 9 nitrogen and oxygen atoms in total. The largest absolute Gasteiger partial charge is 0.444 e. The number of hydrogen-bond acceptors (Lipinski definition) is 8. The third-order valence-corrected chi connectivity index (χ3v) is 8.98. The fourth-order valence-electron chi connectivity index (χ4n) is 5.26. The average Bonchev–Trinajstić information content (AvgIpc) is 3.66. The average molecular weight is 697 g/mol. The standard InChI is InChI=1S/C32H32BrF2N7O2S/c1-32(2,3)44-31(43)38-25(16-19-14-21(34)17-22(35)15-19)27-24(33)18-26-29(39-27)40-30(45-26)42-12-10-41(11-13-42)23-6-4-20(5-7-23)28-36-8-9-37-28/h4-9,14-15,17-18,25H,10-13,16H2,1-3H3,(H,36,37)(H,38,43)/t25-/m0/s1. The molecule has 2 aromatic carbocycles. The molecule has 5 aromatic rings. The molecule has 234 valence electrons. The maximum absolute atomic E-state index is 14.0. The molecule has 1 aliphatic rings. The number of carbonyl (C=O) groups excluding carboxylic acids is 1. The number of pyridine rings is 1. The van der Waals surface area contributed by atoms with E-state index in [1.807, 2.05) is 12.3 Å². The molecular weight excluding hydrogens is 664 g/mol. The van der Waals surface area contributed by atoms with Crippen molar-refractivity contribution in [3.63, 3.8) is 0 Å². The van der Waals surface area contributed by atoms with E-state index in [0.29, 0.717) is 21.4 Å². The van der Waals surface area contributed by atoms with Gasteiger partial charge in [0.1, 0.15) is 23.1 Å². The number of anilines is 2. The number of amides is 1. The lowest BCUT2D eigenvalue weighted by molar-refractivity contribution is 0.0502. The summed E-state index contributed by atoms with van der Waals surface area (Å²) in [7, 11) is 0. The zero-order valence-corrected chi connectivity index (χ0v) is 27.4. The Labute approximate surface area is 271 Å². The van der Waals surface area contributed by atoms with Gasteiger partial charge in [0.05, 0.1) is 16.4 Å². The number of piperazine rings is 1. The molecule has 0 saturated carbocycles. The van der Waals surface area contributed by atoms with Crippen molar-refractivity contribution in [1.82, 2.24) is 25.3 Å². The molecule has 0 unspecified atom stereocenters. The van der Waals surface area contributed by atoms with E-state index < -0.39 is 29.4 Å². The number of ether oxygens (including phenoxy) is 1. The molecule has 0 radical (unpaired) electrons. The number of aromatic amines is 1. The fraction of sp³-hybridized carbons (Fsp3) is 0.312. The summed E-state index contributed by atoms with van der Waals surface area (Å²) in [5, 5.41) is 3.70. The Hall–Kier alpha value is -4.10. The summed E-state index contributed by atoms with van der Waals surface area (Å²) in [4.78, 5) is 34.5. The summed E-state index contributed by atoms with van der Waals surface area (Å²) in [6.07, 6.45) is 2.99. The van der Waals surface area contributed by atoms with Crippen molar-refractivity contribution in [2.45, 2.75) is 38.8 Å². The van der Waals surface area contributed by atoms with E-state index in [2.05, 4.69) is 65.3 Å². The normalized spacial score (nSPS) is 14.5. The van der Waals surface area contributed by atoms with Gasteiger partial charge in [-0.05, 0) is 91.1 Å². The number of imidazole rings is 1. The second-order valence-electron chi connectivity index (χ2n) is 11.8. The lowest BCUT2D eigenvalue weighted by atomic mass is 10.0. The Morgan fingerprint density at radius 2 is 1.73 bits per heavy atom. The van der Waals surface area contributed by atoms with E-state index in [-0.39, 0.29) is 6.42 Å². The predicted octanol–water partition coefficient (Wildman–Crippen LogP) is 7.26. The number of H-pyrrole nitrogens is 1. The Balaban J connectivity index is 1.20. The molecule has 0 spiro atoms. The number of nitrogens with one attached hydrogen (secondary N) is 2. The van der Waals surface area contributed by atoms with Crippen LogP contribution in [0.15, 0.2) is 65.4 Å². The van der Waals surface area contributed by atoms with Crippen LogP contribution >= 0.6 is 27.3 Å². The smallest absolute Gasteiger partial charge is 0.408 e. The predicted molar refractivity (Wildman–Crippen MR) is 176 cm³/mol. The van der Waals surface area contributed by atoms with Gasteiger partial charge in [0.25, 0.3) is 0 Å². The molecule has 6 rings (SSSR count). The molecule has 1 atom stereocenters. The van der Waals surface area contributed by atoms with Crippen LogP contribution in [-0.2, 0) is 11.2 Å². The van der Waals surface area contributed by atoms with Crippen LogP contribution in [0.1, 0.15) is 38.1 Å². The number of nitrogens with zero attached hydrogens (tertiary/aromatic N) is 5. The highest BCUT2D eigenvalue weighted by atomic mass is 79.9. The Morgan fingerprint density at radius 1 is 1.04 bits per heavy atom. The summed E-state index contributed by atoms with van der Waals surface area (Å²) in [5.74, 6) is -0.544. The number of fused-ring (bicyclic) bond motifs is 1. The molecule has 2 N–H and O–H groups in total. The minimum atomic E-state index is -0.743. The Bertz CT molecular complexity index is 1780. The van der Waals surface area contributed by atoms with Crippen LogP contribution in [0.2, 0.25) is 0 Å². The first-order valence-electron chi connectivity index (χ1n) is 14.5. The van der Waals surface area contributed by atoms with Gasteiger partial charge in [-0.1, -0.05) is 11.3 Å². The van der Waals surface area contributed by atoms with Gasteiger partial charge in [-0.2, -0.15) is 4.98 Å². The molecule has 3 aromatic heterocycles. The zero-order valence-electron chi connectivity index (χ0n) is 25.0. The molecule has 13 heteroatoms. The van der Waals surface area contributed by atoms with E-state index >= 15 is 0 Å². The van der Waals surface area contributed by atoms with Crippen LogP contribution in [0.25, 0.3) is 21.7 Å². The summed E-state index contributed by atoms with van der Waals surface area (Å²) in [6.45, 7) is 8.55. The van der Waals surface area contributed by atoms with E-state index in [4.69, 9.17) is 14.7 Å². The SMILES string of the molecule is CC(C)(C)OC(=O)N[C@@H](Cc1cc(F)cc(F)c1)c1nc2nc(N3CCN(c4ccc(-c5ncc[nH]5)cc4)CC3)sc2cc1Br. The fourth-order valence-corrected chi connectivity index (χ4v) is 7.01. The molecule has 1 saturated heterocycles. The van der Waals surface area contributed by atoms with Crippen molar-refractivity contribution in [2.75, 3.05) is 36.0 Å². The molecule has 4 heterocycles. The van der Waals surface area contributed by atoms with Gasteiger partial charge in [0, 0.05) is 60.4 Å². The van der Waals surface area contributed by atoms with Crippen molar-refractivity contribution in [3.05, 3.63) is 88.3 Å². The van der Waals surface area contributed by atoms with Crippen LogP contribution in [0, 0.1) is 11.6 Å². The minimum absolute atomic E-state index is 0.0898. The van der Waals surface area contributed by atoms with Crippen molar-refractivity contribution in [3.8, 4) is 11.4 Å².